The van der Waals surface area contributed by atoms with Crippen molar-refractivity contribution in [2.75, 3.05) is 6.61 Å². The highest BCUT2D eigenvalue weighted by atomic mass is 19.4. The molecular weight excluding hydrogens is 439 g/mol. The summed E-state index contributed by atoms with van der Waals surface area (Å²) < 4.78 is 197. The highest BCUT2D eigenvalue weighted by Crippen LogP contribution is 2.57. The summed E-state index contributed by atoms with van der Waals surface area (Å²) in [4.78, 5) is -3.36. The topological polar surface area (TPSA) is 21.7 Å². The van der Waals surface area contributed by atoms with E-state index in [2.05, 4.69) is 4.74 Å². The average molecular weight is 443 g/mol. The van der Waals surface area contributed by atoms with Crippen LogP contribution in [0.2, 0.25) is 0 Å². The van der Waals surface area contributed by atoms with Crippen molar-refractivity contribution in [3.8, 4) is 0 Å². The van der Waals surface area contributed by atoms with Gasteiger partial charge in [-0.3, -0.25) is 0 Å². The zero-order valence-corrected chi connectivity index (χ0v) is 11.8. The van der Waals surface area contributed by atoms with Crippen LogP contribution in [0.25, 0.3) is 0 Å². The van der Waals surface area contributed by atoms with E-state index in [0.717, 1.165) is 0 Å². The molecule has 1 atom stereocenters. The first kappa shape index (κ1) is 23.9. The molecule has 1 unspecified atom stereocenters. The van der Waals surface area contributed by atoms with Crippen LogP contribution in [0.4, 0.5) is 65.9 Å². The van der Waals surface area contributed by atoms with Crippen molar-refractivity contribution < 1.29 is 75.3 Å². The van der Waals surface area contributed by atoms with Crippen molar-refractivity contribution in [3.63, 3.8) is 0 Å². The van der Waals surface area contributed by atoms with Gasteiger partial charge in [-0.15, -0.1) is 4.90 Å². The number of rotatable bonds is 6. The third-order valence-corrected chi connectivity index (χ3v) is 2.84. The predicted octanol–water partition coefficient (Wildman–Crippen LogP) is 4.50. The third-order valence-electron chi connectivity index (χ3n) is 2.84. The molecule has 0 aromatic rings. The summed E-state index contributed by atoms with van der Waals surface area (Å²) in [5.41, 5.74) is 0. The first-order chi connectivity index (χ1) is 11.6. The third kappa shape index (κ3) is 3.87. The van der Waals surface area contributed by atoms with Crippen LogP contribution in [0, 0.1) is 0 Å². The Morgan fingerprint density at radius 3 is 1.48 bits per heavy atom. The Morgan fingerprint density at radius 1 is 0.778 bits per heavy atom. The number of hydrogen-bond donors (Lipinski definition) is 0. The van der Waals surface area contributed by atoms with Crippen molar-refractivity contribution >= 4 is 0 Å². The van der Waals surface area contributed by atoms with Gasteiger partial charge in [0.2, 0.25) is 0 Å². The van der Waals surface area contributed by atoms with Gasteiger partial charge in [-0.05, 0) is 0 Å². The Bertz CT molecular complexity index is 523. The molecular formula is C9H4F15NO2. The summed E-state index contributed by atoms with van der Waals surface area (Å²) in [5.74, 6) is -5.49. The van der Waals surface area contributed by atoms with Gasteiger partial charge >= 0.3 is 42.8 Å². The predicted molar refractivity (Wildman–Crippen MR) is 49.5 cm³/mol. The maximum absolute atomic E-state index is 13.5. The fourth-order valence-electron chi connectivity index (χ4n) is 1.50. The lowest BCUT2D eigenvalue weighted by molar-refractivity contribution is -0.578. The number of hydrogen-bond acceptors (Lipinski definition) is 3. The van der Waals surface area contributed by atoms with Crippen molar-refractivity contribution in [2.45, 2.75) is 49.1 Å². The standard InChI is InChI=1S/C9H4F15NO2/c10-2(11)4(13,14)1-26-5(15,16)3(12)25-6(17,18)8(21,22)27-9(23,24)7(25,19)20/h2-3H,1H2. The molecule has 18 heteroatoms. The molecule has 27 heavy (non-hydrogen) atoms. The summed E-state index contributed by atoms with van der Waals surface area (Å²) in [5, 5.41) is 0. The van der Waals surface area contributed by atoms with E-state index in [4.69, 9.17) is 0 Å². The number of halogens is 15. The number of alkyl halides is 15. The summed E-state index contributed by atoms with van der Waals surface area (Å²) >= 11 is 0. The molecule has 0 radical (unpaired) electrons. The zero-order valence-electron chi connectivity index (χ0n) is 11.8. The van der Waals surface area contributed by atoms with E-state index in [0.29, 0.717) is 0 Å². The van der Waals surface area contributed by atoms with Gasteiger partial charge in [0.15, 0.2) is 0 Å². The summed E-state index contributed by atoms with van der Waals surface area (Å²) in [6.45, 7) is -3.17. The molecule has 0 aliphatic carbocycles. The first-order valence-corrected chi connectivity index (χ1v) is 5.96. The van der Waals surface area contributed by atoms with Gasteiger partial charge in [-0.1, -0.05) is 0 Å². The second kappa shape index (κ2) is 6.43. The average Bonchev–Trinajstić information content (AvgIpc) is 2.42. The quantitative estimate of drug-likeness (QED) is 0.446. The second-order valence-electron chi connectivity index (χ2n) is 4.84. The Labute approximate surface area is 137 Å². The molecule has 1 aliphatic heterocycles. The van der Waals surface area contributed by atoms with E-state index in [-0.39, 0.29) is 0 Å². The number of nitrogens with zero attached hydrogens (tertiary/aromatic N) is 1. The smallest absolute Gasteiger partial charge is 0.310 e. The van der Waals surface area contributed by atoms with Crippen molar-refractivity contribution in [2.24, 2.45) is 0 Å². The van der Waals surface area contributed by atoms with E-state index >= 15 is 0 Å². The molecule has 0 amide bonds. The molecule has 0 spiro atoms. The van der Waals surface area contributed by atoms with Crippen LogP contribution < -0.4 is 0 Å². The lowest BCUT2D eigenvalue weighted by Gasteiger charge is -2.48. The maximum atomic E-state index is 13.5. The Hall–Kier alpha value is -1.17. The van der Waals surface area contributed by atoms with E-state index in [1.54, 1.807) is 0 Å². The SMILES string of the molecule is FC(F)C(F)(F)COC(F)(F)C(F)N1C(F)(F)C(F)(F)OC(F)(F)C1(F)F. The molecule has 0 aromatic carbocycles. The van der Waals surface area contributed by atoms with Crippen LogP contribution >= 0.6 is 0 Å². The monoisotopic (exact) mass is 443 g/mol. The summed E-state index contributed by atoms with van der Waals surface area (Å²) in [6, 6.07) is -13.8. The first-order valence-electron chi connectivity index (χ1n) is 5.96. The van der Waals surface area contributed by atoms with Crippen LogP contribution in [0.5, 0.6) is 0 Å². The Kier molecular flexibility index (Phi) is 5.68. The van der Waals surface area contributed by atoms with Gasteiger partial charge in [-0.2, -0.15) is 52.7 Å². The van der Waals surface area contributed by atoms with E-state index in [1.807, 2.05) is 4.74 Å². The molecule has 1 aliphatic rings. The Balaban J connectivity index is 3.29. The minimum atomic E-state index is -6.89. The van der Waals surface area contributed by atoms with Crippen molar-refractivity contribution in [3.05, 3.63) is 0 Å². The largest absolute Gasteiger partial charge is 0.439 e. The van der Waals surface area contributed by atoms with Crippen molar-refractivity contribution in [1.82, 2.24) is 4.90 Å². The molecule has 0 aromatic heterocycles. The zero-order chi connectivity index (χ0) is 21.9. The van der Waals surface area contributed by atoms with Gasteiger partial charge in [0.1, 0.15) is 6.61 Å². The molecule has 1 fully saturated rings. The normalized spacial score (nSPS) is 26.2. The van der Waals surface area contributed by atoms with Crippen LogP contribution in [-0.4, -0.2) is 60.6 Å². The second-order valence-corrected chi connectivity index (χ2v) is 4.84. The van der Waals surface area contributed by atoms with Crippen molar-refractivity contribution in [1.29, 1.82) is 0 Å². The van der Waals surface area contributed by atoms with E-state index in [9.17, 15) is 65.9 Å². The lowest BCUT2D eigenvalue weighted by atomic mass is 10.2. The molecule has 0 N–H and O–H groups in total. The van der Waals surface area contributed by atoms with Gasteiger partial charge in [-0.25, -0.2) is 17.9 Å². The van der Waals surface area contributed by atoms with E-state index < -0.39 is 60.6 Å². The highest BCUT2D eigenvalue weighted by Gasteiger charge is 2.85. The van der Waals surface area contributed by atoms with Gasteiger partial charge in [0.25, 0.3) is 6.30 Å². The van der Waals surface area contributed by atoms with Crippen LogP contribution in [0.1, 0.15) is 0 Å². The lowest BCUT2D eigenvalue weighted by Crippen LogP contribution is -2.77. The summed E-state index contributed by atoms with van der Waals surface area (Å²) in [7, 11) is 0. The minimum absolute atomic E-state index is 1.85. The fraction of sp³-hybridized carbons (Fsp3) is 1.00. The van der Waals surface area contributed by atoms with Crippen LogP contribution in [-0.2, 0) is 9.47 Å². The minimum Gasteiger partial charge on any atom is -0.310 e. The molecule has 0 bridgehead atoms. The summed E-state index contributed by atoms with van der Waals surface area (Å²) in [6.07, 6.45) is -30.1. The number of morpholine rings is 1. The highest BCUT2D eigenvalue weighted by molar-refractivity contribution is 4.97. The van der Waals surface area contributed by atoms with Gasteiger partial charge < -0.3 is 4.74 Å². The van der Waals surface area contributed by atoms with Gasteiger partial charge in [0.05, 0.1) is 0 Å². The fourth-order valence-corrected chi connectivity index (χ4v) is 1.50. The molecule has 0 saturated carbocycles. The molecule has 1 saturated heterocycles. The van der Waals surface area contributed by atoms with Gasteiger partial charge in [0, 0.05) is 0 Å². The molecule has 162 valence electrons. The molecule has 1 rings (SSSR count). The Morgan fingerprint density at radius 2 is 1.15 bits per heavy atom. The maximum Gasteiger partial charge on any atom is 0.439 e. The molecule has 3 nitrogen and oxygen atoms in total. The van der Waals surface area contributed by atoms with Crippen LogP contribution in [0.15, 0.2) is 0 Å². The number of ether oxygens (including phenoxy) is 2. The molecule has 1 heterocycles. The van der Waals surface area contributed by atoms with E-state index in [1.165, 1.54) is 0 Å². The van der Waals surface area contributed by atoms with Crippen LogP contribution in [0.3, 0.4) is 0 Å².